The van der Waals surface area contributed by atoms with Crippen LogP contribution in [0.15, 0.2) is 52.7 Å². The summed E-state index contributed by atoms with van der Waals surface area (Å²) in [6, 6.07) is 3.03. The van der Waals surface area contributed by atoms with Gasteiger partial charge in [0.2, 0.25) is 11.8 Å². The van der Waals surface area contributed by atoms with E-state index in [4.69, 9.17) is 14.9 Å². The summed E-state index contributed by atoms with van der Waals surface area (Å²) in [4.78, 5) is 24.9. The number of nitrogens with zero attached hydrogens (tertiary/aromatic N) is 6. The number of ether oxygens (including phenoxy) is 1. The normalized spacial score (nSPS) is 24.8. The second-order valence-corrected chi connectivity index (χ2v) is 10.9. The van der Waals surface area contributed by atoms with Crippen molar-refractivity contribution >= 4 is 39.5 Å². The summed E-state index contributed by atoms with van der Waals surface area (Å²) in [6.07, 6.45) is -0.684. The van der Waals surface area contributed by atoms with Crippen LogP contribution in [0.4, 0.5) is 29.1 Å². The van der Waals surface area contributed by atoms with Crippen molar-refractivity contribution in [2.75, 3.05) is 5.32 Å². The van der Waals surface area contributed by atoms with Gasteiger partial charge in [-0.15, -0.1) is 0 Å². The molecule has 11 nitrogen and oxygen atoms in total. The van der Waals surface area contributed by atoms with Gasteiger partial charge in [-0.05, 0) is 19.4 Å². The average Bonchev–Trinajstić information content (AvgIpc) is 3.42. The first-order valence-electron chi connectivity index (χ1n) is 11.8. The van der Waals surface area contributed by atoms with Crippen LogP contribution in [0.1, 0.15) is 24.8 Å². The molecule has 4 aromatic rings. The highest BCUT2D eigenvalue weighted by atomic mass is 32.2. The van der Waals surface area contributed by atoms with Gasteiger partial charge >= 0.3 is 6.18 Å². The summed E-state index contributed by atoms with van der Waals surface area (Å²) < 4.78 is 64.6. The number of alkyl halides is 3. The molecule has 4 atom stereocenters. The molecule has 0 amide bonds. The smallest absolute Gasteiger partial charge is 0.415 e. The van der Waals surface area contributed by atoms with Gasteiger partial charge in [0.15, 0.2) is 23.7 Å². The molecule has 1 aliphatic heterocycles. The molecule has 1 fully saturated rings. The Kier molecular flexibility index (Phi) is 6.06. The number of oxazole rings is 1. The van der Waals surface area contributed by atoms with Crippen molar-refractivity contribution < 1.29 is 31.8 Å². The van der Waals surface area contributed by atoms with Crippen molar-refractivity contribution in [3.05, 3.63) is 60.7 Å². The number of amidine groups is 1. The van der Waals surface area contributed by atoms with Crippen LogP contribution in [0.25, 0.3) is 11.0 Å². The van der Waals surface area contributed by atoms with Crippen LogP contribution in [-0.2, 0) is 12.1 Å². The van der Waals surface area contributed by atoms with Gasteiger partial charge in [-0.2, -0.15) is 17.6 Å². The third kappa shape index (κ3) is 4.46. The minimum Gasteiger partial charge on any atom is -0.482 e. The lowest BCUT2D eigenvalue weighted by Gasteiger charge is -2.36. The quantitative estimate of drug-likeness (QED) is 0.217. The topological polar surface area (TPSA) is 157 Å². The van der Waals surface area contributed by atoms with Crippen molar-refractivity contribution in [1.82, 2.24) is 24.9 Å². The maximum Gasteiger partial charge on any atom is 0.415 e. The Labute approximate surface area is 227 Å². The Hall–Kier alpha value is -4.05. The van der Waals surface area contributed by atoms with Crippen molar-refractivity contribution in [2.45, 2.75) is 42.5 Å². The molecule has 0 spiro atoms. The molecule has 2 aliphatic rings. The van der Waals surface area contributed by atoms with Crippen LogP contribution >= 0.6 is 11.8 Å². The second kappa shape index (κ2) is 9.26. The third-order valence-electron chi connectivity index (χ3n) is 6.98. The zero-order valence-corrected chi connectivity index (χ0v) is 21.4. The summed E-state index contributed by atoms with van der Waals surface area (Å²) in [7, 11) is 0. The molecule has 0 saturated heterocycles. The monoisotopic (exact) mass is 576 g/mol. The zero-order chi connectivity index (χ0) is 28.3. The van der Waals surface area contributed by atoms with Crippen LogP contribution in [0, 0.1) is 11.9 Å². The van der Waals surface area contributed by atoms with Crippen molar-refractivity contribution in [1.29, 1.82) is 0 Å². The van der Waals surface area contributed by atoms with Gasteiger partial charge in [0.05, 0.1) is 40.1 Å². The fourth-order valence-electron chi connectivity index (χ4n) is 5.03. The molecule has 16 heteroatoms. The van der Waals surface area contributed by atoms with Crippen molar-refractivity contribution in [3.63, 3.8) is 0 Å². The first-order valence-corrected chi connectivity index (χ1v) is 12.7. The lowest BCUT2D eigenvalue weighted by atomic mass is 9.86. The number of rotatable bonds is 7. The number of aromatic nitrogens is 5. The number of anilines is 2. The van der Waals surface area contributed by atoms with Gasteiger partial charge < -0.3 is 25.3 Å². The maximum atomic E-state index is 15.1. The van der Waals surface area contributed by atoms with E-state index in [0.717, 1.165) is 0 Å². The van der Waals surface area contributed by atoms with E-state index in [2.05, 4.69) is 35.2 Å². The fourth-order valence-corrected chi connectivity index (χ4v) is 6.52. The Bertz CT molecular complexity index is 1620. The number of thioether (sulfide) groups is 1. The molecule has 5 heterocycles. The highest BCUT2D eigenvalue weighted by Crippen LogP contribution is 2.68. The standard InChI is InChI=1S/C24H20F4N8O3S/c1-22(15-6-23(15,40-21(29)36-22)20(37)24(26,27)28)13-4-11(7-32-18(13)25)35-19-17-14(33-10-34-19)5-12(8-31-17)39-9-16-30-2-3-38-16/h2-5,7-8,10,15,20,37H,6,9H2,1H3,(H2,29,36)(H,33,34,35)/t15-,20-,22+,23-/m0/s1. The van der Waals surface area contributed by atoms with E-state index in [0.29, 0.717) is 34.4 Å². The molecule has 40 heavy (non-hydrogen) atoms. The summed E-state index contributed by atoms with van der Waals surface area (Å²) in [6.45, 7) is 1.58. The molecule has 0 unspecified atom stereocenters. The number of aliphatic imine (C=N–C) groups is 1. The van der Waals surface area contributed by atoms with Crippen molar-refractivity contribution in [2.24, 2.45) is 16.6 Å². The number of halogens is 4. The second-order valence-electron chi connectivity index (χ2n) is 9.52. The summed E-state index contributed by atoms with van der Waals surface area (Å²) in [5, 5.41) is 13.0. The SMILES string of the molecule is C[C@]1(c2cc(Nc3ncnc4cc(OCc5ncco5)cnc34)cnc2F)N=C(N)S[C@@]2([C@H](O)C(F)(F)F)C[C@H]21. The molecule has 0 bridgehead atoms. The van der Waals surface area contributed by atoms with E-state index in [1.54, 1.807) is 6.07 Å². The lowest BCUT2D eigenvalue weighted by Crippen LogP contribution is -2.47. The molecular formula is C24H20F4N8O3S. The number of aliphatic hydroxyl groups is 1. The number of hydrogen-bond donors (Lipinski definition) is 3. The van der Waals surface area contributed by atoms with E-state index in [9.17, 15) is 18.3 Å². The van der Waals surface area contributed by atoms with Gasteiger partial charge in [-0.3, -0.25) is 4.99 Å². The average molecular weight is 577 g/mol. The molecule has 208 valence electrons. The van der Waals surface area contributed by atoms with E-state index in [1.807, 2.05) is 0 Å². The number of hydrogen-bond acceptors (Lipinski definition) is 12. The van der Waals surface area contributed by atoms with Crippen LogP contribution in [-0.4, -0.2) is 52.2 Å². The minimum atomic E-state index is -4.87. The molecule has 4 N–H and O–H groups in total. The van der Waals surface area contributed by atoms with E-state index in [1.165, 1.54) is 44.2 Å². The highest BCUT2D eigenvalue weighted by Gasteiger charge is 2.74. The predicted molar refractivity (Wildman–Crippen MR) is 135 cm³/mol. The molecule has 6 rings (SSSR count). The van der Waals surface area contributed by atoms with Gasteiger partial charge in [-0.1, -0.05) is 11.8 Å². The third-order valence-corrected chi connectivity index (χ3v) is 8.34. The van der Waals surface area contributed by atoms with Crippen LogP contribution in [0.2, 0.25) is 0 Å². The number of aliphatic hydroxyl groups excluding tert-OH is 1. The molecule has 4 aromatic heterocycles. The van der Waals surface area contributed by atoms with Crippen molar-refractivity contribution in [3.8, 4) is 5.75 Å². The largest absolute Gasteiger partial charge is 0.482 e. The molecular weight excluding hydrogens is 556 g/mol. The van der Waals surface area contributed by atoms with Crippen LogP contribution in [0.5, 0.6) is 5.75 Å². The fraction of sp³-hybridized carbons (Fsp3) is 0.333. The Balaban J connectivity index is 1.29. The molecule has 1 aliphatic carbocycles. The van der Waals surface area contributed by atoms with Gasteiger partial charge in [-0.25, -0.2) is 24.9 Å². The van der Waals surface area contributed by atoms with E-state index < -0.39 is 34.4 Å². The Morgan fingerprint density at radius 1 is 1.23 bits per heavy atom. The predicted octanol–water partition coefficient (Wildman–Crippen LogP) is 3.83. The first-order chi connectivity index (χ1) is 19.0. The highest BCUT2D eigenvalue weighted by molar-refractivity contribution is 8.15. The number of fused-ring (bicyclic) bond motifs is 2. The lowest BCUT2D eigenvalue weighted by molar-refractivity contribution is -0.207. The Morgan fingerprint density at radius 2 is 2.05 bits per heavy atom. The number of nitrogens with one attached hydrogen (secondary N) is 1. The van der Waals surface area contributed by atoms with Gasteiger partial charge in [0.1, 0.15) is 23.9 Å². The van der Waals surface area contributed by atoms with Gasteiger partial charge in [0.25, 0.3) is 0 Å². The molecule has 0 aromatic carbocycles. The van der Waals surface area contributed by atoms with Crippen LogP contribution in [0.3, 0.4) is 0 Å². The van der Waals surface area contributed by atoms with E-state index in [-0.39, 0.29) is 35.3 Å². The molecule has 1 saturated carbocycles. The van der Waals surface area contributed by atoms with E-state index >= 15 is 4.39 Å². The zero-order valence-electron chi connectivity index (χ0n) is 20.6. The Morgan fingerprint density at radius 3 is 2.80 bits per heavy atom. The summed E-state index contributed by atoms with van der Waals surface area (Å²) in [5.41, 5.74) is 5.41. The summed E-state index contributed by atoms with van der Waals surface area (Å²) >= 11 is 0.668. The number of nitrogens with two attached hydrogens (primary N) is 1. The first kappa shape index (κ1) is 26.2. The summed E-state index contributed by atoms with van der Waals surface area (Å²) in [5.74, 6) is -0.690. The van der Waals surface area contributed by atoms with Crippen LogP contribution < -0.4 is 15.8 Å². The minimum absolute atomic E-state index is 0.0585. The van der Waals surface area contributed by atoms with Gasteiger partial charge in [0, 0.05) is 17.5 Å². The maximum absolute atomic E-state index is 15.1. The molecule has 0 radical (unpaired) electrons. The number of pyridine rings is 2.